The van der Waals surface area contributed by atoms with Gasteiger partial charge in [-0.1, -0.05) is 0 Å². The first-order chi connectivity index (χ1) is 8.49. The van der Waals surface area contributed by atoms with E-state index in [1.807, 2.05) is 0 Å². The summed E-state index contributed by atoms with van der Waals surface area (Å²) < 4.78 is 4.52. The number of carbonyl (C=O) groups excluding carboxylic acids is 3. The number of aliphatic hydroxyl groups excluding tert-OH is 2. The van der Waals surface area contributed by atoms with Crippen LogP contribution in [0, 0.1) is 0 Å². The summed E-state index contributed by atoms with van der Waals surface area (Å²) in [6, 6.07) is 0. The van der Waals surface area contributed by atoms with Crippen LogP contribution in [-0.4, -0.2) is 66.9 Å². The SMILES string of the molecule is NCC(=O)NCC(=O)NCC(=O)OCC(O)CO. The largest absolute Gasteiger partial charge is 0.462 e. The summed E-state index contributed by atoms with van der Waals surface area (Å²) in [6.45, 7) is -1.79. The molecule has 18 heavy (non-hydrogen) atoms. The number of ether oxygens (including phenoxy) is 1. The summed E-state index contributed by atoms with van der Waals surface area (Å²) in [4.78, 5) is 32.8. The number of rotatable bonds is 8. The standard InChI is InChI=1S/C9H17N3O6/c10-1-7(15)11-2-8(16)12-3-9(17)18-5-6(14)4-13/h6,13-14H,1-5,10H2,(H,11,15)(H,12,16). The summed E-state index contributed by atoms with van der Waals surface area (Å²) >= 11 is 0. The topological polar surface area (TPSA) is 151 Å². The maximum atomic E-state index is 11.1. The summed E-state index contributed by atoms with van der Waals surface area (Å²) in [6.07, 6.45) is -1.14. The fraction of sp³-hybridized carbons (Fsp3) is 0.667. The highest BCUT2D eigenvalue weighted by molar-refractivity contribution is 5.87. The van der Waals surface area contributed by atoms with E-state index in [1.54, 1.807) is 0 Å². The Hall–Kier alpha value is -1.71. The number of hydrogen-bond donors (Lipinski definition) is 5. The molecule has 0 saturated carbocycles. The molecule has 1 atom stereocenters. The zero-order valence-corrected chi connectivity index (χ0v) is 9.72. The quantitative estimate of drug-likeness (QED) is 0.280. The maximum absolute atomic E-state index is 11.1. The molecule has 1 unspecified atom stereocenters. The van der Waals surface area contributed by atoms with E-state index in [1.165, 1.54) is 0 Å². The first-order valence-corrected chi connectivity index (χ1v) is 5.17. The van der Waals surface area contributed by atoms with Gasteiger partial charge in [0.15, 0.2) is 0 Å². The molecule has 9 nitrogen and oxygen atoms in total. The molecule has 0 radical (unpaired) electrons. The molecule has 0 fully saturated rings. The highest BCUT2D eigenvalue weighted by Gasteiger charge is 2.09. The van der Waals surface area contributed by atoms with Crippen LogP contribution in [0.25, 0.3) is 0 Å². The van der Waals surface area contributed by atoms with E-state index >= 15 is 0 Å². The average Bonchev–Trinajstić information content (AvgIpc) is 2.39. The van der Waals surface area contributed by atoms with Gasteiger partial charge in [-0.2, -0.15) is 0 Å². The molecule has 0 heterocycles. The molecular formula is C9H17N3O6. The molecule has 0 aliphatic rings. The molecule has 0 aliphatic carbocycles. The van der Waals surface area contributed by atoms with Crippen molar-refractivity contribution in [2.24, 2.45) is 5.73 Å². The second kappa shape index (κ2) is 9.33. The molecule has 6 N–H and O–H groups in total. The second-order valence-corrected chi connectivity index (χ2v) is 3.28. The molecule has 0 spiro atoms. The van der Waals surface area contributed by atoms with Gasteiger partial charge in [0.05, 0.1) is 19.7 Å². The summed E-state index contributed by atoms with van der Waals surface area (Å²) in [7, 11) is 0. The van der Waals surface area contributed by atoms with Crippen molar-refractivity contribution in [3.8, 4) is 0 Å². The molecule has 104 valence electrons. The first-order valence-electron chi connectivity index (χ1n) is 5.17. The lowest BCUT2D eigenvalue weighted by molar-refractivity contribution is -0.147. The Morgan fingerprint density at radius 2 is 1.78 bits per heavy atom. The van der Waals surface area contributed by atoms with E-state index in [0.29, 0.717) is 0 Å². The zero-order chi connectivity index (χ0) is 14.0. The van der Waals surface area contributed by atoms with E-state index in [0.717, 1.165) is 0 Å². The predicted molar refractivity (Wildman–Crippen MR) is 59.1 cm³/mol. The number of nitrogens with two attached hydrogens (primary N) is 1. The Morgan fingerprint density at radius 1 is 1.17 bits per heavy atom. The molecule has 2 amide bonds. The Kier molecular flexibility index (Phi) is 8.45. The van der Waals surface area contributed by atoms with Crippen LogP contribution >= 0.6 is 0 Å². The Bertz CT molecular complexity index is 296. The minimum Gasteiger partial charge on any atom is -0.462 e. The van der Waals surface area contributed by atoms with E-state index < -0.39 is 37.0 Å². The fourth-order valence-corrected chi connectivity index (χ4v) is 0.777. The van der Waals surface area contributed by atoms with Crippen molar-refractivity contribution >= 4 is 17.8 Å². The fourth-order valence-electron chi connectivity index (χ4n) is 0.777. The van der Waals surface area contributed by atoms with Gasteiger partial charge in [-0.05, 0) is 0 Å². The molecule has 0 aromatic carbocycles. The van der Waals surface area contributed by atoms with Crippen molar-refractivity contribution in [1.82, 2.24) is 10.6 Å². The van der Waals surface area contributed by atoms with E-state index in [2.05, 4.69) is 15.4 Å². The van der Waals surface area contributed by atoms with Crippen molar-refractivity contribution in [1.29, 1.82) is 0 Å². The van der Waals surface area contributed by atoms with Crippen LogP contribution in [0.15, 0.2) is 0 Å². The van der Waals surface area contributed by atoms with Gasteiger partial charge in [0.1, 0.15) is 19.3 Å². The Morgan fingerprint density at radius 3 is 2.33 bits per heavy atom. The maximum Gasteiger partial charge on any atom is 0.325 e. The molecule has 0 saturated heterocycles. The highest BCUT2D eigenvalue weighted by atomic mass is 16.5. The Labute approximate surface area is 103 Å². The van der Waals surface area contributed by atoms with Crippen LogP contribution in [0.5, 0.6) is 0 Å². The third kappa shape index (κ3) is 8.44. The van der Waals surface area contributed by atoms with Crippen molar-refractivity contribution in [3.63, 3.8) is 0 Å². The summed E-state index contributed by atoms with van der Waals surface area (Å²) in [5.74, 6) is -1.82. The van der Waals surface area contributed by atoms with Crippen LogP contribution in [0.1, 0.15) is 0 Å². The minimum atomic E-state index is -1.14. The van der Waals surface area contributed by atoms with Gasteiger partial charge in [0, 0.05) is 0 Å². The van der Waals surface area contributed by atoms with E-state index in [4.69, 9.17) is 15.9 Å². The smallest absolute Gasteiger partial charge is 0.325 e. The molecule has 9 heteroatoms. The van der Waals surface area contributed by atoms with Gasteiger partial charge in [0.2, 0.25) is 11.8 Å². The normalized spacial score (nSPS) is 11.5. The van der Waals surface area contributed by atoms with Gasteiger partial charge < -0.3 is 31.3 Å². The summed E-state index contributed by atoms with van der Waals surface area (Å²) in [5.41, 5.74) is 5.00. The van der Waals surface area contributed by atoms with Crippen LogP contribution in [-0.2, 0) is 19.1 Å². The van der Waals surface area contributed by atoms with Crippen LogP contribution in [0.3, 0.4) is 0 Å². The number of amides is 2. The first kappa shape index (κ1) is 16.3. The van der Waals surface area contributed by atoms with Gasteiger partial charge in [-0.3, -0.25) is 14.4 Å². The van der Waals surface area contributed by atoms with E-state index in [9.17, 15) is 14.4 Å². The Balaban J connectivity index is 3.65. The lowest BCUT2D eigenvalue weighted by Gasteiger charge is -2.09. The molecule has 0 rings (SSSR count). The number of carbonyl (C=O) groups is 3. The van der Waals surface area contributed by atoms with Crippen molar-refractivity contribution in [2.45, 2.75) is 6.10 Å². The van der Waals surface area contributed by atoms with Crippen molar-refractivity contribution in [3.05, 3.63) is 0 Å². The molecular weight excluding hydrogens is 246 g/mol. The van der Waals surface area contributed by atoms with Crippen molar-refractivity contribution in [2.75, 3.05) is 32.8 Å². The molecule has 0 bridgehead atoms. The number of aliphatic hydroxyl groups is 2. The van der Waals surface area contributed by atoms with Gasteiger partial charge >= 0.3 is 5.97 Å². The molecule has 0 aliphatic heterocycles. The monoisotopic (exact) mass is 263 g/mol. The van der Waals surface area contributed by atoms with Crippen LogP contribution < -0.4 is 16.4 Å². The number of hydrogen-bond acceptors (Lipinski definition) is 7. The third-order valence-corrected chi connectivity index (χ3v) is 1.71. The van der Waals surface area contributed by atoms with E-state index in [-0.39, 0.29) is 19.7 Å². The number of esters is 1. The number of nitrogens with one attached hydrogen (secondary N) is 2. The molecule has 0 aromatic heterocycles. The van der Waals surface area contributed by atoms with Gasteiger partial charge in [-0.15, -0.1) is 0 Å². The third-order valence-electron chi connectivity index (χ3n) is 1.71. The zero-order valence-electron chi connectivity index (χ0n) is 9.72. The van der Waals surface area contributed by atoms with Crippen molar-refractivity contribution < 1.29 is 29.3 Å². The lowest BCUT2D eigenvalue weighted by atomic mass is 10.4. The lowest BCUT2D eigenvalue weighted by Crippen LogP contribution is -2.41. The molecule has 0 aromatic rings. The van der Waals surface area contributed by atoms with Crippen LogP contribution in [0.2, 0.25) is 0 Å². The highest BCUT2D eigenvalue weighted by Crippen LogP contribution is 1.84. The predicted octanol–water partition coefficient (Wildman–Crippen LogP) is -3.93. The second-order valence-electron chi connectivity index (χ2n) is 3.28. The minimum absolute atomic E-state index is 0.228. The van der Waals surface area contributed by atoms with Gasteiger partial charge in [0.25, 0.3) is 0 Å². The average molecular weight is 263 g/mol. The summed E-state index contributed by atoms with van der Waals surface area (Å²) in [5, 5.41) is 21.7. The van der Waals surface area contributed by atoms with Crippen LogP contribution in [0.4, 0.5) is 0 Å². The van der Waals surface area contributed by atoms with Gasteiger partial charge in [-0.25, -0.2) is 0 Å².